The van der Waals surface area contributed by atoms with Gasteiger partial charge >= 0.3 is 0 Å². The van der Waals surface area contributed by atoms with Crippen LogP contribution in [0.15, 0.2) is 42.6 Å². The number of benzene rings is 1. The highest BCUT2D eigenvalue weighted by molar-refractivity contribution is 5.21. The van der Waals surface area contributed by atoms with Crippen LogP contribution in [0.3, 0.4) is 0 Å². The fourth-order valence-electron chi connectivity index (χ4n) is 1.78. The molecule has 2 rings (SSSR count). The summed E-state index contributed by atoms with van der Waals surface area (Å²) in [5.74, 6) is 0.902. The Morgan fingerprint density at radius 3 is 2.67 bits per heavy atom. The van der Waals surface area contributed by atoms with Gasteiger partial charge in [-0.1, -0.05) is 18.2 Å². The number of ether oxygens (including phenoxy) is 1. The summed E-state index contributed by atoms with van der Waals surface area (Å²) in [4.78, 5) is 0. The van der Waals surface area contributed by atoms with E-state index in [2.05, 4.69) is 10.4 Å². The third kappa shape index (κ3) is 3.60. The van der Waals surface area contributed by atoms with Crippen molar-refractivity contribution in [3.63, 3.8) is 0 Å². The number of nitrogens with zero attached hydrogens (tertiary/aromatic N) is 2. The van der Waals surface area contributed by atoms with Crippen LogP contribution in [0.4, 0.5) is 0 Å². The minimum atomic E-state index is 0.264. The first-order valence-electron chi connectivity index (χ1n) is 6.11. The lowest BCUT2D eigenvalue weighted by atomic mass is 10.2. The standard InChI is InChI=1S/C14H19N3O/c1-15-13(10-12-8-9-17(2)16-12)11-18-14-6-4-3-5-7-14/h3-9,13,15H,10-11H2,1-2H3. The minimum absolute atomic E-state index is 0.264. The van der Waals surface area contributed by atoms with E-state index >= 15 is 0 Å². The van der Waals surface area contributed by atoms with Gasteiger partial charge in [0.05, 0.1) is 5.69 Å². The van der Waals surface area contributed by atoms with Crippen LogP contribution < -0.4 is 10.1 Å². The van der Waals surface area contributed by atoms with Gasteiger partial charge in [0.25, 0.3) is 0 Å². The highest BCUT2D eigenvalue weighted by atomic mass is 16.5. The summed E-state index contributed by atoms with van der Waals surface area (Å²) in [6, 6.07) is 12.2. The summed E-state index contributed by atoms with van der Waals surface area (Å²) in [7, 11) is 3.88. The van der Waals surface area contributed by atoms with Crippen LogP contribution in [0.2, 0.25) is 0 Å². The molecule has 4 heteroatoms. The van der Waals surface area contributed by atoms with Crippen LogP contribution in [0.5, 0.6) is 5.75 Å². The summed E-state index contributed by atoms with van der Waals surface area (Å²) >= 11 is 0. The van der Waals surface area contributed by atoms with Crippen LogP contribution in [0.25, 0.3) is 0 Å². The molecule has 1 unspecified atom stereocenters. The maximum Gasteiger partial charge on any atom is 0.119 e. The monoisotopic (exact) mass is 245 g/mol. The number of aryl methyl sites for hydroxylation is 1. The van der Waals surface area contributed by atoms with Gasteiger partial charge in [-0.05, 0) is 25.2 Å². The predicted octanol–water partition coefficient (Wildman–Crippen LogP) is 1.63. The summed E-state index contributed by atoms with van der Waals surface area (Å²) in [5.41, 5.74) is 1.08. The van der Waals surface area contributed by atoms with E-state index < -0.39 is 0 Å². The van der Waals surface area contributed by atoms with E-state index in [-0.39, 0.29) is 6.04 Å². The Morgan fingerprint density at radius 2 is 2.06 bits per heavy atom. The van der Waals surface area contributed by atoms with Crippen molar-refractivity contribution >= 4 is 0 Å². The van der Waals surface area contributed by atoms with E-state index in [1.807, 2.05) is 61.4 Å². The van der Waals surface area contributed by atoms with Gasteiger partial charge in [-0.25, -0.2) is 0 Å². The maximum absolute atomic E-state index is 5.74. The average molecular weight is 245 g/mol. The Kier molecular flexibility index (Phi) is 4.36. The molecule has 18 heavy (non-hydrogen) atoms. The zero-order chi connectivity index (χ0) is 12.8. The molecule has 0 amide bonds. The molecule has 0 aliphatic rings. The van der Waals surface area contributed by atoms with Gasteiger partial charge in [0, 0.05) is 25.7 Å². The SMILES string of the molecule is CNC(COc1ccccc1)Cc1ccn(C)n1. The van der Waals surface area contributed by atoms with Crippen LogP contribution in [-0.4, -0.2) is 29.5 Å². The highest BCUT2D eigenvalue weighted by Gasteiger charge is 2.10. The van der Waals surface area contributed by atoms with Crippen molar-refractivity contribution in [3.8, 4) is 5.75 Å². The molecular weight excluding hydrogens is 226 g/mol. The van der Waals surface area contributed by atoms with Gasteiger partial charge in [0.15, 0.2) is 0 Å². The van der Waals surface area contributed by atoms with E-state index in [0.29, 0.717) is 6.61 Å². The van der Waals surface area contributed by atoms with Gasteiger partial charge in [-0.2, -0.15) is 5.10 Å². The summed E-state index contributed by atoms with van der Waals surface area (Å²) in [5, 5.41) is 7.63. The highest BCUT2D eigenvalue weighted by Crippen LogP contribution is 2.09. The van der Waals surface area contributed by atoms with E-state index in [4.69, 9.17) is 4.74 Å². The van der Waals surface area contributed by atoms with Crippen molar-refractivity contribution in [2.75, 3.05) is 13.7 Å². The second kappa shape index (κ2) is 6.21. The third-order valence-corrected chi connectivity index (χ3v) is 2.83. The molecule has 0 bridgehead atoms. The second-order valence-corrected chi connectivity index (χ2v) is 4.29. The van der Waals surface area contributed by atoms with Gasteiger partial charge in [0.2, 0.25) is 0 Å². The molecule has 2 aromatic rings. The normalized spacial score (nSPS) is 12.3. The fraction of sp³-hybridized carbons (Fsp3) is 0.357. The molecule has 0 spiro atoms. The van der Waals surface area contributed by atoms with Gasteiger partial charge in [-0.15, -0.1) is 0 Å². The first-order chi connectivity index (χ1) is 8.78. The minimum Gasteiger partial charge on any atom is -0.492 e. The molecular formula is C14H19N3O. The molecule has 0 aliphatic heterocycles. The molecule has 0 radical (unpaired) electrons. The van der Waals surface area contributed by atoms with Crippen LogP contribution in [-0.2, 0) is 13.5 Å². The van der Waals surface area contributed by atoms with E-state index in [0.717, 1.165) is 17.9 Å². The molecule has 1 aromatic carbocycles. The zero-order valence-electron chi connectivity index (χ0n) is 10.8. The number of aromatic nitrogens is 2. The lowest BCUT2D eigenvalue weighted by Crippen LogP contribution is -2.34. The van der Waals surface area contributed by atoms with E-state index in [1.165, 1.54) is 0 Å². The van der Waals surface area contributed by atoms with Gasteiger partial charge < -0.3 is 10.1 Å². The van der Waals surface area contributed by atoms with E-state index in [1.54, 1.807) is 0 Å². The van der Waals surface area contributed by atoms with Crippen LogP contribution in [0, 0.1) is 0 Å². The number of likely N-dealkylation sites (N-methyl/N-ethyl adjacent to an activating group) is 1. The molecule has 96 valence electrons. The number of para-hydroxylation sites is 1. The number of hydrogen-bond acceptors (Lipinski definition) is 3. The summed E-state index contributed by atoms with van der Waals surface area (Å²) in [6.07, 6.45) is 2.82. The fourth-order valence-corrected chi connectivity index (χ4v) is 1.78. The molecule has 1 aromatic heterocycles. The van der Waals surface area contributed by atoms with Crippen LogP contribution >= 0.6 is 0 Å². The van der Waals surface area contributed by atoms with Crippen molar-refractivity contribution in [1.82, 2.24) is 15.1 Å². The number of rotatable bonds is 6. The smallest absolute Gasteiger partial charge is 0.119 e. The molecule has 0 saturated carbocycles. The molecule has 0 fully saturated rings. The lowest BCUT2D eigenvalue weighted by molar-refractivity contribution is 0.269. The Morgan fingerprint density at radius 1 is 1.28 bits per heavy atom. The van der Waals surface area contributed by atoms with E-state index in [9.17, 15) is 0 Å². The second-order valence-electron chi connectivity index (χ2n) is 4.29. The predicted molar refractivity (Wildman–Crippen MR) is 71.7 cm³/mol. The molecule has 1 atom stereocenters. The first-order valence-corrected chi connectivity index (χ1v) is 6.11. The van der Waals surface area contributed by atoms with Crippen molar-refractivity contribution < 1.29 is 4.74 Å². The molecule has 4 nitrogen and oxygen atoms in total. The van der Waals surface area contributed by atoms with Gasteiger partial charge in [-0.3, -0.25) is 4.68 Å². The third-order valence-electron chi connectivity index (χ3n) is 2.83. The van der Waals surface area contributed by atoms with Crippen LogP contribution in [0.1, 0.15) is 5.69 Å². The van der Waals surface area contributed by atoms with Crippen molar-refractivity contribution in [1.29, 1.82) is 0 Å². The molecule has 0 aliphatic carbocycles. The summed E-state index contributed by atoms with van der Waals surface area (Å²) in [6.45, 7) is 0.636. The molecule has 0 saturated heterocycles. The maximum atomic E-state index is 5.74. The molecule has 1 heterocycles. The van der Waals surface area contributed by atoms with Crippen molar-refractivity contribution in [2.24, 2.45) is 7.05 Å². The molecule has 1 N–H and O–H groups in total. The van der Waals surface area contributed by atoms with Crippen molar-refractivity contribution in [2.45, 2.75) is 12.5 Å². The first kappa shape index (κ1) is 12.6. The number of hydrogen-bond donors (Lipinski definition) is 1. The Hall–Kier alpha value is -1.81. The Bertz CT molecular complexity index is 467. The number of nitrogens with one attached hydrogen (secondary N) is 1. The topological polar surface area (TPSA) is 39.1 Å². The Balaban J connectivity index is 1.86. The average Bonchev–Trinajstić information content (AvgIpc) is 2.81. The Labute approximate surface area is 108 Å². The zero-order valence-corrected chi connectivity index (χ0v) is 10.8. The summed E-state index contributed by atoms with van der Waals surface area (Å²) < 4.78 is 7.56. The van der Waals surface area contributed by atoms with Crippen molar-refractivity contribution in [3.05, 3.63) is 48.3 Å². The quantitative estimate of drug-likeness (QED) is 0.840. The van der Waals surface area contributed by atoms with Gasteiger partial charge in [0.1, 0.15) is 12.4 Å². The largest absolute Gasteiger partial charge is 0.492 e. The lowest BCUT2D eigenvalue weighted by Gasteiger charge is -2.15.